The van der Waals surface area contributed by atoms with Gasteiger partial charge in [-0.2, -0.15) is 0 Å². The molecule has 0 saturated carbocycles. The quantitative estimate of drug-likeness (QED) is 0.840. The number of methoxy groups -OCH3 is 1. The molecule has 0 radical (unpaired) electrons. The average molecular weight is 282 g/mol. The Balaban J connectivity index is 3.46. The number of benzene rings is 1. The average Bonchev–Trinajstić information content (AvgIpc) is 2.07. The third-order valence-corrected chi connectivity index (χ3v) is 3.05. The van der Waals surface area contributed by atoms with Crippen LogP contribution in [0.3, 0.4) is 0 Å². The van der Waals surface area contributed by atoms with Crippen LogP contribution in [0.2, 0.25) is 0 Å². The van der Waals surface area contributed by atoms with Crippen molar-refractivity contribution in [1.29, 1.82) is 0 Å². The van der Waals surface area contributed by atoms with Gasteiger partial charge >= 0.3 is 0 Å². The molecule has 0 aliphatic carbocycles. The summed E-state index contributed by atoms with van der Waals surface area (Å²) < 4.78 is 26.9. The summed E-state index contributed by atoms with van der Waals surface area (Å²) in [6.07, 6.45) is 0. The number of sulfonamides is 1. The Bertz CT molecular complexity index is 457. The molecule has 0 amide bonds. The third-order valence-electron chi connectivity index (χ3n) is 1.55. The predicted octanol–water partition coefficient (Wildman–Crippen LogP) is 0.811. The summed E-state index contributed by atoms with van der Waals surface area (Å²) >= 11 is 2.98. The SMILES string of the molecule is COc1cc(S(N)(=O)=O)cc(Br)c1O. The lowest BCUT2D eigenvalue weighted by molar-refractivity contribution is 0.370. The normalized spacial score (nSPS) is 11.4. The van der Waals surface area contributed by atoms with Crippen LogP contribution in [-0.2, 0) is 10.0 Å². The number of aromatic hydroxyl groups is 1. The van der Waals surface area contributed by atoms with Gasteiger partial charge in [0, 0.05) is 6.07 Å². The highest BCUT2D eigenvalue weighted by Crippen LogP contribution is 2.36. The van der Waals surface area contributed by atoms with Crippen molar-refractivity contribution in [2.24, 2.45) is 5.14 Å². The number of hydrogen-bond donors (Lipinski definition) is 2. The fraction of sp³-hybridized carbons (Fsp3) is 0.143. The first-order valence-electron chi connectivity index (χ1n) is 3.45. The maximum atomic E-state index is 11.0. The van der Waals surface area contributed by atoms with Crippen LogP contribution < -0.4 is 9.88 Å². The maximum absolute atomic E-state index is 11.0. The van der Waals surface area contributed by atoms with Crippen LogP contribution in [0.5, 0.6) is 11.5 Å². The summed E-state index contributed by atoms with van der Waals surface area (Å²) in [6, 6.07) is 2.35. The molecule has 1 aromatic rings. The molecular formula is C7H8BrNO4S. The first-order chi connectivity index (χ1) is 6.36. The molecule has 0 aliphatic rings. The number of nitrogens with two attached hydrogens (primary N) is 1. The van der Waals surface area contributed by atoms with Crippen molar-refractivity contribution < 1.29 is 18.3 Å². The highest BCUT2D eigenvalue weighted by Gasteiger charge is 2.14. The lowest BCUT2D eigenvalue weighted by atomic mass is 10.3. The van der Waals surface area contributed by atoms with Gasteiger partial charge in [-0.1, -0.05) is 0 Å². The van der Waals surface area contributed by atoms with Crippen molar-refractivity contribution in [1.82, 2.24) is 0 Å². The summed E-state index contributed by atoms with van der Waals surface area (Å²) in [6.45, 7) is 0. The summed E-state index contributed by atoms with van der Waals surface area (Å²) in [7, 11) is -2.48. The van der Waals surface area contributed by atoms with Gasteiger partial charge in [-0.05, 0) is 22.0 Å². The second-order valence-electron chi connectivity index (χ2n) is 2.50. The maximum Gasteiger partial charge on any atom is 0.238 e. The van der Waals surface area contributed by atoms with Crippen LogP contribution >= 0.6 is 15.9 Å². The van der Waals surface area contributed by atoms with Gasteiger partial charge in [0.25, 0.3) is 0 Å². The molecule has 0 fully saturated rings. The van der Waals surface area contributed by atoms with E-state index in [1.165, 1.54) is 13.2 Å². The van der Waals surface area contributed by atoms with E-state index in [1.54, 1.807) is 0 Å². The van der Waals surface area contributed by atoms with Gasteiger partial charge in [-0.25, -0.2) is 13.6 Å². The van der Waals surface area contributed by atoms with E-state index >= 15 is 0 Å². The third kappa shape index (κ3) is 2.17. The van der Waals surface area contributed by atoms with E-state index in [2.05, 4.69) is 15.9 Å². The Morgan fingerprint density at radius 1 is 1.50 bits per heavy atom. The van der Waals surface area contributed by atoms with E-state index in [-0.39, 0.29) is 20.9 Å². The molecule has 7 heteroatoms. The van der Waals surface area contributed by atoms with Crippen molar-refractivity contribution >= 4 is 26.0 Å². The molecule has 0 bridgehead atoms. The monoisotopic (exact) mass is 281 g/mol. The number of phenolic OH excluding ortho intramolecular Hbond substituents is 1. The lowest BCUT2D eigenvalue weighted by Gasteiger charge is -2.07. The predicted molar refractivity (Wildman–Crippen MR) is 53.7 cm³/mol. The number of ether oxygens (including phenoxy) is 1. The van der Waals surface area contributed by atoms with Gasteiger partial charge in [0.15, 0.2) is 11.5 Å². The van der Waals surface area contributed by atoms with Gasteiger partial charge in [-0.3, -0.25) is 0 Å². The fourth-order valence-corrected chi connectivity index (χ4v) is 2.02. The topological polar surface area (TPSA) is 89.6 Å². The minimum absolute atomic E-state index is 0.0448. The second kappa shape index (κ2) is 3.76. The highest BCUT2D eigenvalue weighted by atomic mass is 79.9. The molecule has 78 valence electrons. The van der Waals surface area contributed by atoms with Crippen molar-refractivity contribution in [3.05, 3.63) is 16.6 Å². The molecular weight excluding hydrogens is 274 g/mol. The number of hydrogen-bond acceptors (Lipinski definition) is 4. The van der Waals surface area contributed by atoms with E-state index in [1.807, 2.05) is 0 Å². The second-order valence-corrected chi connectivity index (χ2v) is 4.92. The van der Waals surface area contributed by atoms with E-state index in [9.17, 15) is 13.5 Å². The first-order valence-corrected chi connectivity index (χ1v) is 5.79. The van der Waals surface area contributed by atoms with Crippen LogP contribution in [0, 0.1) is 0 Å². The molecule has 0 heterocycles. The number of primary sulfonamides is 1. The van der Waals surface area contributed by atoms with Crippen molar-refractivity contribution in [3.8, 4) is 11.5 Å². The lowest BCUT2D eigenvalue weighted by Crippen LogP contribution is -2.12. The fourth-order valence-electron chi connectivity index (χ4n) is 0.870. The summed E-state index contributed by atoms with van der Waals surface area (Å²) in [4.78, 5) is -0.126. The largest absolute Gasteiger partial charge is 0.503 e. The van der Waals surface area contributed by atoms with Crippen molar-refractivity contribution in [2.75, 3.05) is 7.11 Å². The van der Waals surface area contributed by atoms with Gasteiger partial charge < -0.3 is 9.84 Å². The number of halogens is 1. The molecule has 0 aliphatic heterocycles. The zero-order valence-corrected chi connectivity index (χ0v) is 9.59. The molecule has 0 atom stereocenters. The Hall–Kier alpha value is -0.790. The molecule has 14 heavy (non-hydrogen) atoms. The minimum atomic E-state index is -3.80. The van der Waals surface area contributed by atoms with Crippen LogP contribution in [0.15, 0.2) is 21.5 Å². The molecule has 0 unspecified atom stereocenters. The van der Waals surface area contributed by atoms with Crippen LogP contribution in [0.1, 0.15) is 0 Å². The van der Waals surface area contributed by atoms with Gasteiger partial charge in [-0.15, -0.1) is 0 Å². The van der Waals surface area contributed by atoms with Crippen molar-refractivity contribution in [3.63, 3.8) is 0 Å². The van der Waals surface area contributed by atoms with Crippen molar-refractivity contribution in [2.45, 2.75) is 4.90 Å². The van der Waals surface area contributed by atoms with Gasteiger partial charge in [0.05, 0.1) is 16.5 Å². The summed E-state index contributed by atoms with van der Waals surface area (Å²) in [5.74, 6) is -0.122. The Morgan fingerprint density at radius 3 is 2.50 bits per heavy atom. The van der Waals surface area contributed by atoms with E-state index in [0.717, 1.165) is 6.07 Å². The first kappa shape index (κ1) is 11.3. The molecule has 1 aromatic carbocycles. The van der Waals surface area contributed by atoms with Crippen LogP contribution in [0.25, 0.3) is 0 Å². The Morgan fingerprint density at radius 2 is 2.07 bits per heavy atom. The number of rotatable bonds is 2. The smallest absolute Gasteiger partial charge is 0.238 e. The molecule has 1 rings (SSSR count). The molecule has 0 aromatic heterocycles. The van der Waals surface area contributed by atoms with Gasteiger partial charge in [0.2, 0.25) is 10.0 Å². The van der Waals surface area contributed by atoms with E-state index < -0.39 is 10.0 Å². The molecule has 3 N–H and O–H groups in total. The molecule has 0 spiro atoms. The zero-order chi connectivity index (χ0) is 10.9. The van der Waals surface area contributed by atoms with E-state index in [4.69, 9.17) is 9.88 Å². The van der Waals surface area contributed by atoms with E-state index in [0.29, 0.717) is 0 Å². The summed E-state index contributed by atoms with van der Waals surface area (Å²) in [5.41, 5.74) is 0. The standard InChI is InChI=1S/C7H8BrNO4S/c1-13-6-3-4(14(9,11)12)2-5(8)7(6)10/h2-3,10H,1H3,(H2,9,11,12). The number of phenols is 1. The Labute approximate surface area is 89.7 Å². The zero-order valence-electron chi connectivity index (χ0n) is 7.19. The highest BCUT2D eigenvalue weighted by molar-refractivity contribution is 9.10. The van der Waals surface area contributed by atoms with Gasteiger partial charge in [0.1, 0.15) is 0 Å². The molecule has 0 saturated heterocycles. The molecule has 5 nitrogen and oxygen atoms in total. The summed E-state index contributed by atoms with van der Waals surface area (Å²) in [5, 5.41) is 14.3. The minimum Gasteiger partial charge on any atom is -0.503 e. The van der Waals surface area contributed by atoms with Crippen LogP contribution in [0.4, 0.5) is 0 Å². The van der Waals surface area contributed by atoms with Crippen LogP contribution in [-0.4, -0.2) is 20.6 Å². The Kier molecular flexibility index (Phi) is 3.03.